The van der Waals surface area contributed by atoms with Crippen LogP contribution < -0.4 is 64.6 Å². The predicted molar refractivity (Wildman–Crippen MR) is 323 cm³/mol. The molecule has 93 heavy (non-hydrogen) atoms. The molecule has 1 aromatic heterocycles. The molecule has 0 bridgehead atoms. The summed E-state index contributed by atoms with van der Waals surface area (Å²) in [6, 6.07) is -9.34. The molecule has 0 aliphatic carbocycles. The highest BCUT2D eigenvalue weighted by Gasteiger charge is 2.42. The van der Waals surface area contributed by atoms with Crippen molar-refractivity contribution in [3.05, 3.63) is 48.0 Å². The Bertz CT molecular complexity index is 3020. The smallest absolute Gasteiger partial charge is 0.303 e. The molecule has 1 fully saturated rings. The zero-order valence-corrected chi connectivity index (χ0v) is 52.4. The molecule has 10 atom stereocenters. The number of nitrogens with two attached hydrogens (primary N) is 2. The number of carbonyl (C=O) groups is 16. The first-order valence-electron chi connectivity index (χ1n) is 30.0. The number of imidazole rings is 1. The summed E-state index contributed by atoms with van der Waals surface area (Å²) < 4.78 is 0. The van der Waals surface area contributed by atoms with Gasteiger partial charge in [0.1, 0.15) is 60.1 Å². The number of aliphatic hydroxyl groups excluding tert-OH is 1. The lowest BCUT2D eigenvalue weighted by Crippen LogP contribution is -2.61. The van der Waals surface area contributed by atoms with Crippen LogP contribution in [0.1, 0.15) is 117 Å². The number of likely N-dealkylation sites (tertiary alicyclic amines) is 1. The maximum Gasteiger partial charge on any atom is 0.303 e. The number of carboxylic acid groups (broad SMARTS) is 2. The monoisotopic (exact) mass is 1310 g/mol. The number of aliphatic carboxylic acids is 2. The van der Waals surface area contributed by atoms with Crippen molar-refractivity contribution in [2.24, 2.45) is 23.3 Å². The van der Waals surface area contributed by atoms with E-state index in [0.717, 1.165) is 6.92 Å². The van der Waals surface area contributed by atoms with Crippen LogP contribution in [0.15, 0.2) is 36.8 Å². The highest BCUT2D eigenvalue weighted by molar-refractivity contribution is 6.38. The Hall–Kier alpha value is -10.1. The van der Waals surface area contributed by atoms with Crippen LogP contribution in [0, 0.1) is 11.8 Å². The van der Waals surface area contributed by atoms with Crippen molar-refractivity contribution < 1.29 is 97.1 Å². The van der Waals surface area contributed by atoms with E-state index in [1.807, 2.05) is 0 Å². The second-order valence-corrected chi connectivity index (χ2v) is 22.8. The van der Waals surface area contributed by atoms with Crippen LogP contribution in [0.5, 0.6) is 5.75 Å². The number of carbonyl (C=O) groups excluding carboxylic acids is 14. The third kappa shape index (κ3) is 26.0. The largest absolute Gasteiger partial charge is 0.508 e. The Labute approximate surface area is 533 Å². The Morgan fingerprint density at radius 1 is 0.613 bits per heavy atom. The van der Waals surface area contributed by atoms with Gasteiger partial charge in [-0.2, -0.15) is 0 Å². The summed E-state index contributed by atoms with van der Waals surface area (Å²) >= 11 is 0. The number of H-pyrrole nitrogens is 1. The number of carboxylic acids is 2. The lowest BCUT2D eigenvalue weighted by molar-refractivity contribution is -0.144. The molecule has 1 saturated heterocycles. The lowest BCUT2D eigenvalue weighted by Gasteiger charge is -2.33. The number of ketones is 1. The number of rotatable bonds is 40. The zero-order chi connectivity index (χ0) is 69.8. The van der Waals surface area contributed by atoms with Gasteiger partial charge in [-0.05, 0) is 68.1 Å². The molecule has 3 rings (SSSR count). The second-order valence-electron chi connectivity index (χ2n) is 22.8. The van der Waals surface area contributed by atoms with E-state index in [-0.39, 0.29) is 62.9 Å². The number of hydrogen-bond donors (Lipinski definition) is 17. The minimum absolute atomic E-state index is 0.00321. The minimum atomic E-state index is -1.65. The molecule has 1 aliphatic heterocycles. The number of aromatic hydroxyl groups is 1. The number of hydrogen-bond acceptors (Lipinski definition) is 19. The fraction of sp³-hybridized carbons (Fsp3) is 0.569. The topological polar surface area (TPSA) is 558 Å². The van der Waals surface area contributed by atoms with Crippen LogP contribution in [0.2, 0.25) is 0 Å². The summed E-state index contributed by atoms with van der Waals surface area (Å²) in [5.74, 6) is -18.1. The number of benzene rings is 1. The average molecular weight is 1310 g/mol. The maximum atomic E-state index is 14.4. The number of phenolic OH excluding ortho intramolecular Hbond substituents is 1. The predicted octanol–water partition coefficient (Wildman–Crippen LogP) is -5.46. The highest BCUT2D eigenvalue weighted by atomic mass is 16.4. The fourth-order valence-electron chi connectivity index (χ4n) is 9.58. The molecule has 2 heterocycles. The van der Waals surface area contributed by atoms with Crippen molar-refractivity contribution in [3.8, 4) is 5.75 Å². The summed E-state index contributed by atoms with van der Waals surface area (Å²) in [6.07, 6.45) is -0.538. The molecule has 2 aromatic rings. The average Bonchev–Trinajstić information content (AvgIpc) is 1.80. The standard InChI is InChI=1S/C58H85N15O20/c1-7-9-34(66-55(90)41-10-8-21-73(41)58(93)47(29(4)5)72-56(91)46(28(2)3)71-52(87)37(17-20-45(81)82)67-50(85)35(64-30(6)75)16-19-44(79)80)48(83)57(92)62-25-43(78)65-36(15-18-42(59)77)51(86)69-39(23-32-24-61-27-63-32)54(89)68-38(22-31-11-13-33(76)14-12-31)53(88)70-40(26-74)49(60)84/h11-14,24,27-29,34-41,46-47,74,76H,7-10,15-23,25-26H2,1-6H3,(H2,59,77)(H2,60,84)(H,61,63)(H,62,92)(H,64,75)(H,65,78)(H,66,90)(H,67,85)(H,68,89)(H,69,86)(H,70,88)(H,71,87)(H,72,91)(H,79,80)(H,81,82)/t34-,35-,36-,37-,38-,39+,40-,41?,46-,47-/m0/s1. The SMILES string of the molecule is CCC[C@H](NC(=O)C1CCCN1C(=O)[C@@H](NC(=O)[C@@H](NC(=O)[C@H](CCC(=O)O)NC(=O)[C@H](CCC(=O)O)NC(C)=O)C(C)C)C(C)C)C(=O)C(=O)NCC(=O)N[C@@H](CCC(N)=O)C(=O)N[C@H](Cc1cnc[nH]1)C(=O)N[C@@H](Cc1ccc(O)cc1)C(=O)N[C@@H](CO)C(N)=O. The van der Waals surface area contributed by atoms with Crippen molar-refractivity contribution in [3.63, 3.8) is 0 Å². The van der Waals surface area contributed by atoms with Crippen molar-refractivity contribution >= 4 is 94.5 Å². The number of aromatic amines is 1. The third-order valence-electron chi connectivity index (χ3n) is 14.6. The first kappa shape index (κ1) is 77.2. The Morgan fingerprint density at radius 3 is 1.62 bits per heavy atom. The summed E-state index contributed by atoms with van der Waals surface area (Å²) in [7, 11) is 0. The quantitative estimate of drug-likeness (QED) is 0.0277. The molecule has 0 radical (unpaired) electrons. The van der Waals surface area contributed by atoms with Gasteiger partial charge >= 0.3 is 11.9 Å². The number of Topliss-reactive ketones (excluding diaryl/α,β-unsaturated/α-hetero) is 1. The van der Waals surface area contributed by atoms with Gasteiger partial charge in [-0.3, -0.25) is 76.7 Å². The molecule has 1 aliphatic rings. The van der Waals surface area contributed by atoms with E-state index in [0.29, 0.717) is 5.56 Å². The molecular formula is C58H85N15O20. The van der Waals surface area contributed by atoms with E-state index in [1.54, 1.807) is 34.6 Å². The first-order chi connectivity index (χ1) is 43.8. The Balaban J connectivity index is 1.76. The van der Waals surface area contributed by atoms with Crippen LogP contribution in [0.3, 0.4) is 0 Å². The highest BCUT2D eigenvalue weighted by Crippen LogP contribution is 2.22. The number of nitrogens with one attached hydrogen (secondary N) is 11. The van der Waals surface area contributed by atoms with Crippen molar-refractivity contribution in [2.45, 2.75) is 179 Å². The number of phenols is 1. The number of aromatic nitrogens is 2. The number of primary amides is 2. The molecule has 0 spiro atoms. The normalized spacial score (nSPS) is 15.6. The fourth-order valence-corrected chi connectivity index (χ4v) is 9.58. The summed E-state index contributed by atoms with van der Waals surface area (Å²) in [5, 5.41) is 62.0. The minimum Gasteiger partial charge on any atom is -0.508 e. The van der Waals surface area contributed by atoms with E-state index >= 15 is 0 Å². The van der Waals surface area contributed by atoms with Crippen molar-refractivity contribution in [2.75, 3.05) is 19.7 Å². The van der Waals surface area contributed by atoms with Crippen LogP contribution in [0.25, 0.3) is 0 Å². The van der Waals surface area contributed by atoms with E-state index < -0.39 is 212 Å². The lowest BCUT2D eigenvalue weighted by atomic mass is 9.98. The molecule has 512 valence electrons. The van der Waals surface area contributed by atoms with Crippen molar-refractivity contribution in [1.82, 2.24) is 68.0 Å². The van der Waals surface area contributed by atoms with Gasteiger partial charge in [-0.15, -0.1) is 0 Å². The molecule has 13 amide bonds. The van der Waals surface area contributed by atoms with Gasteiger partial charge in [0.25, 0.3) is 5.91 Å². The maximum absolute atomic E-state index is 14.4. The van der Waals surface area contributed by atoms with Gasteiger partial charge in [0, 0.05) is 57.5 Å². The molecule has 19 N–H and O–H groups in total. The van der Waals surface area contributed by atoms with Crippen LogP contribution >= 0.6 is 0 Å². The number of aliphatic hydroxyl groups is 1. The zero-order valence-electron chi connectivity index (χ0n) is 52.4. The summed E-state index contributed by atoms with van der Waals surface area (Å²) in [6.45, 7) is 7.12. The van der Waals surface area contributed by atoms with E-state index in [4.69, 9.17) is 16.6 Å². The van der Waals surface area contributed by atoms with Gasteiger partial charge in [-0.25, -0.2) is 4.98 Å². The van der Waals surface area contributed by atoms with Gasteiger partial charge in [0.05, 0.1) is 25.5 Å². The molecule has 1 unspecified atom stereocenters. The third-order valence-corrected chi connectivity index (χ3v) is 14.6. The van der Waals surface area contributed by atoms with E-state index in [9.17, 15) is 92.0 Å². The number of nitrogens with zero attached hydrogens (tertiary/aromatic N) is 2. The molecular weight excluding hydrogens is 1230 g/mol. The summed E-state index contributed by atoms with van der Waals surface area (Å²) in [4.78, 5) is 218. The Morgan fingerprint density at radius 2 is 1.12 bits per heavy atom. The molecule has 35 nitrogen and oxygen atoms in total. The second kappa shape index (κ2) is 37.9. The molecule has 35 heteroatoms. The number of amides is 13. The van der Waals surface area contributed by atoms with Gasteiger partial charge < -0.3 is 94.9 Å². The van der Waals surface area contributed by atoms with Gasteiger partial charge in [0.15, 0.2) is 0 Å². The first-order valence-corrected chi connectivity index (χ1v) is 30.0. The van der Waals surface area contributed by atoms with Crippen LogP contribution in [-0.2, 0) is 89.6 Å². The molecule has 0 saturated carbocycles. The van der Waals surface area contributed by atoms with Gasteiger partial charge in [-0.1, -0.05) is 53.2 Å². The van der Waals surface area contributed by atoms with Crippen molar-refractivity contribution in [1.29, 1.82) is 0 Å². The van der Waals surface area contributed by atoms with Crippen LogP contribution in [0.4, 0.5) is 0 Å². The van der Waals surface area contributed by atoms with E-state index in [2.05, 4.69) is 63.1 Å². The van der Waals surface area contributed by atoms with E-state index in [1.165, 1.54) is 41.7 Å². The Kier molecular flexibility index (Phi) is 31.5. The summed E-state index contributed by atoms with van der Waals surface area (Å²) in [5.41, 5.74) is 11.4. The molecule has 1 aromatic carbocycles. The van der Waals surface area contributed by atoms with Gasteiger partial charge in [0.2, 0.25) is 76.7 Å². The van der Waals surface area contributed by atoms with Crippen LogP contribution in [-0.4, -0.2) is 210 Å².